The molecule has 1 amide bonds. The van der Waals surface area contributed by atoms with E-state index in [1.165, 1.54) is 23.5 Å². The van der Waals surface area contributed by atoms with Crippen LogP contribution in [0.4, 0.5) is 18.9 Å². The molecule has 0 radical (unpaired) electrons. The van der Waals surface area contributed by atoms with Crippen molar-refractivity contribution in [1.82, 2.24) is 19.5 Å². The molecular formula is C27H28Cl2F3N5O2Si. The molecule has 13 heteroatoms. The number of benzene rings is 1. The molecule has 4 rings (SSSR count). The van der Waals surface area contributed by atoms with Crippen LogP contribution in [0.5, 0.6) is 0 Å². The van der Waals surface area contributed by atoms with Crippen molar-refractivity contribution in [2.24, 2.45) is 0 Å². The number of hydrogen-bond donors (Lipinski definition) is 0. The number of anilines is 1. The highest BCUT2D eigenvalue weighted by molar-refractivity contribution is 6.74. The number of pyridine rings is 1. The van der Waals surface area contributed by atoms with Crippen molar-refractivity contribution in [2.45, 2.75) is 45.1 Å². The Bertz CT molecular complexity index is 1520. The molecule has 3 aromatic heterocycles. The Morgan fingerprint density at radius 2 is 1.70 bits per heavy atom. The summed E-state index contributed by atoms with van der Waals surface area (Å²) in [4.78, 5) is 26.6. The molecule has 40 heavy (non-hydrogen) atoms. The van der Waals surface area contributed by atoms with E-state index in [2.05, 4.69) is 48.8 Å². The molecule has 0 unspecified atom stereocenters. The third-order valence-electron chi connectivity index (χ3n) is 7.10. The summed E-state index contributed by atoms with van der Waals surface area (Å²) in [5, 5.41) is 0.600. The van der Waals surface area contributed by atoms with Crippen LogP contribution in [0, 0.1) is 0 Å². The van der Waals surface area contributed by atoms with Crippen molar-refractivity contribution in [3.63, 3.8) is 0 Å². The van der Waals surface area contributed by atoms with Crippen molar-refractivity contribution in [1.29, 1.82) is 0 Å². The number of carbonyl (C=O) groups is 1. The minimum absolute atomic E-state index is 0.0172. The van der Waals surface area contributed by atoms with Crippen molar-refractivity contribution in [2.75, 3.05) is 18.1 Å². The van der Waals surface area contributed by atoms with E-state index in [9.17, 15) is 18.0 Å². The monoisotopic (exact) mass is 609 g/mol. The number of nitrogens with zero attached hydrogens (tertiary/aromatic N) is 5. The fourth-order valence-corrected chi connectivity index (χ4v) is 5.34. The zero-order valence-electron chi connectivity index (χ0n) is 22.6. The number of hydrogen-bond acceptors (Lipinski definition) is 5. The number of halogens is 5. The Morgan fingerprint density at radius 1 is 1.02 bits per heavy atom. The van der Waals surface area contributed by atoms with Crippen LogP contribution in [0.2, 0.25) is 28.4 Å². The fourth-order valence-electron chi connectivity index (χ4n) is 3.83. The van der Waals surface area contributed by atoms with Crippen LogP contribution >= 0.6 is 23.2 Å². The maximum atomic E-state index is 13.7. The summed E-state index contributed by atoms with van der Waals surface area (Å²) in [6.45, 7) is 11.1. The van der Waals surface area contributed by atoms with Gasteiger partial charge in [-0.1, -0.05) is 44.0 Å². The average Bonchev–Trinajstić information content (AvgIpc) is 3.28. The lowest BCUT2D eigenvalue weighted by Gasteiger charge is -2.37. The standard InChI is InChI=1S/C27H28Cl2F3N5O2Si/c1-26(2,3)40(4,5)39-13-12-37(25(38)22-23(28)34-16-35-24(22)29)18-6-8-20-17(14-18)10-11-36(20)19-7-9-21(33-15-19)27(30,31)32/h6-11,14-16H,12-13H2,1-5H3. The van der Waals surface area contributed by atoms with Crippen molar-refractivity contribution < 1.29 is 22.4 Å². The zero-order valence-corrected chi connectivity index (χ0v) is 25.1. The summed E-state index contributed by atoms with van der Waals surface area (Å²) in [6, 6.07) is 9.43. The predicted octanol–water partition coefficient (Wildman–Crippen LogP) is 7.81. The smallest absolute Gasteiger partial charge is 0.415 e. The largest absolute Gasteiger partial charge is 0.433 e. The molecule has 0 saturated heterocycles. The molecule has 3 heterocycles. The first-order valence-corrected chi connectivity index (χ1v) is 16.0. The van der Waals surface area contributed by atoms with Crippen molar-refractivity contribution >= 4 is 54.0 Å². The van der Waals surface area contributed by atoms with Gasteiger partial charge in [0.15, 0.2) is 8.32 Å². The number of aromatic nitrogens is 4. The molecular weight excluding hydrogens is 582 g/mol. The van der Waals surface area contributed by atoms with Crippen LogP contribution < -0.4 is 4.90 Å². The summed E-state index contributed by atoms with van der Waals surface area (Å²) in [6.07, 6.45) is -0.447. The molecule has 0 fully saturated rings. The Labute approximate surface area is 241 Å². The number of fused-ring (bicyclic) bond motifs is 1. The fraction of sp³-hybridized carbons (Fsp3) is 0.333. The lowest BCUT2D eigenvalue weighted by molar-refractivity contribution is -0.141. The second-order valence-corrected chi connectivity index (χ2v) is 16.2. The molecule has 0 aliphatic carbocycles. The molecule has 0 bridgehead atoms. The van der Waals surface area contributed by atoms with E-state index in [0.717, 1.165) is 11.5 Å². The summed E-state index contributed by atoms with van der Waals surface area (Å²) in [5.74, 6) is -0.486. The third kappa shape index (κ3) is 6.17. The van der Waals surface area contributed by atoms with Gasteiger partial charge < -0.3 is 13.9 Å². The Hall–Kier alpha value is -2.99. The van der Waals surface area contributed by atoms with Gasteiger partial charge in [0, 0.05) is 23.8 Å². The molecule has 0 spiro atoms. The van der Waals surface area contributed by atoms with Crippen LogP contribution in [0.25, 0.3) is 16.6 Å². The zero-order chi connectivity index (χ0) is 29.5. The maximum Gasteiger partial charge on any atom is 0.433 e. The normalized spacial score (nSPS) is 12.7. The Morgan fingerprint density at radius 3 is 2.27 bits per heavy atom. The predicted molar refractivity (Wildman–Crippen MR) is 153 cm³/mol. The van der Waals surface area contributed by atoms with Gasteiger partial charge >= 0.3 is 6.18 Å². The van der Waals surface area contributed by atoms with Crippen molar-refractivity contribution in [3.05, 3.63) is 76.7 Å². The summed E-state index contributed by atoms with van der Waals surface area (Å²) in [5.41, 5.74) is 0.745. The molecule has 0 aliphatic rings. The molecule has 0 atom stereocenters. The number of alkyl halides is 3. The van der Waals surface area contributed by atoms with E-state index in [1.54, 1.807) is 35.0 Å². The number of rotatable bonds is 7. The summed E-state index contributed by atoms with van der Waals surface area (Å²) < 4.78 is 46.9. The molecule has 0 saturated carbocycles. The average molecular weight is 611 g/mol. The van der Waals surface area contributed by atoms with Gasteiger partial charge in [0.05, 0.1) is 24.0 Å². The van der Waals surface area contributed by atoms with Crippen LogP contribution in [0.3, 0.4) is 0 Å². The molecule has 4 aromatic rings. The van der Waals surface area contributed by atoms with Gasteiger partial charge in [-0.2, -0.15) is 13.2 Å². The first-order valence-electron chi connectivity index (χ1n) is 12.4. The second kappa shape index (κ2) is 11.1. The lowest BCUT2D eigenvalue weighted by atomic mass is 10.2. The lowest BCUT2D eigenvalue weighted by Crippen LogP contribution is -2.43. The minimum atomic E-state index is -4.52. The SMILES string of the molecule is CC(C)(C)[Si](C)(C)OCCN(C(=O)c1c(Cl)ncnc1Cl)c1ccc2c(ccn2-c2ccc(C(F)(F)F)nc2)c1. The first kappa shape index (κ1) is 30.0. The Kier molecular flexibility index (Phi) is 8.33. The summed E-state index contributed by atoms with van der Waals surface area (Å²) in [7, 11) is -2.10. The molecule has 0 aliphatic heterocycles. The van der Waals surface area contributed by atoms with Crippen LogP contribution in [0.15, 0.2) is 55.1 Å². The summed E-state index contributed by atoms with van der Waals surface area (Å²) >= 11 is 12.5. The quantitative estimate of drug-likeness (QED) is 0.158. The third-order valence-corrected chi connectivity index (χ3v) is 12.2. The molecule has 0 N–H and O–H groups in total. The van der Waals surface area contributed by atoms with Gasteiger partial charge in [-0.3, -0.25) is 4.79 Å². The minimum Gasteiger partial charge on any atom is -0.415 e. The van der Waals surface area contributed by atoms with Gasteiger partial charge in [0.2, 0.25) is 0 Å². The van der Waals surface area contributed by atoms with Gasteiger partial charge in [0.1, 0.15) is 27.9 Å². The Balaban J connectivity index is 1.69. The van der Waals surface area contributed by atoms with E-state index in [-0.39, 0.29) is 34.1 Å². The van der Waals surface area contributed by atoms with E-state index < -0.39 is 26.1 Å². The van der Waals surface area contributed by atoms with E-state index in [1.807, 2.05) is 0 Å². The number of amides is 1. The van der Waals surface area contributed by atoms with Crippen LogP contribution in [-0.4, -0.2) is 46.9 Å². The van der Waals surface area contributed by atoms with E-state index in [4.69, 9.17) is 27.6 Å². The van der Waals surface area contributed by atoms with E-state index in [0.29, 0.717) is 16.9 Å². The number of carbonyl (C=O) groups excluding carboxylic acids is 1. The van der Waals surface area contributed by atoms with Gasteiger partial charge in [-0.25, -0.2) is 15.0 Å². The topological polar surface area (TPSA) is 73.1 Å². The molecule has 1 aromatic carbocycles. The van der Waals surface area contributed by atoms with E-state index >= 15 is 0 Å². The van der Waals surface area contributed by atoms with Crippen LogP contribution in [-0.2, 0) is 10.6 Å². The van der Waals surface area contributed by atoms with Crippen LogP contribution in [0.1, 0.15) is 36.8 Å². The first-order chi connectivity index (χ1) is 18.6. The van der Waals surface area contributed by atoms with Gasteiger partial charge in [0.25, 0.3) is 5.91 Å². The highest BCUT2D eigenvalue weighted by Crippen LogP contribution is 2.37. The highest BCUT2D eigenvalue weighted by atomic mass is 35.5. The second-order valence-electron chi connectivity index (χ2n) is 10.7. The molecule has 212 valence electrons. The highest BCUT2D eigenvalue weighted by Gasteiger charge is 2.37. The van der Waals surface area contributed by atoms with Crippen molar-refractivity contribution in [3.8, 4) is 5.69 Å². The van der Waals surface area contributed by atoms with Gasteiger partial charge in [-0.15, -0.1) is 0 Å². The molecule has 7 nitrogen and oxygen atoms in total. The maximum absolute atomic E-state index is 13.7. The van der Waals surface area contributed by atoms with Gasteiger partial charge in [-0.05, 0) is 54.5 Å².